The Morgan fingerprint density at radius 3 is 2.64 bits per heavy atom. The first kappa shape index (κ1) is 17.7. The molecule has 6 nitrogen and oxygen atoms in total. The summed E-state index contributed by atoms with van der Waals surface area (Å²) < 4.78 is 15.0. The van der Waals surface area contributed by atoms with Gasteiger partial charge in [-0.1, -0.05) is 37.7 Å². The number of anilines is 1. The van der Waals surface area contributed by atoms with Crippen LogP contribution in [0.25, 0.3) is 0 Å². The van der Waals surface area contributed by atoms with Crippen molar-refractivity contribution in [1.82, 2.24) is 20.1 Å². The molecule has 2 aromatic rings. The Morgan fingerprint density at radius 2 is 2.04 bits per heavy atom. The van der Waals surface area contributed by atoms with Crippen LogP contribution >= 0.6 is 11.8 Å². The number of carbonyl (C=O) groups excluding carboxylic acids is 1. The first-order valence-electron chi connectivity index (χ1n) is 8.33. The Bertz CT molecular complexity index is 742. The zero-order valence-electron chi connectivity index (χ0n) is 14.3. The highest BCUT2D eigenvalue weighted by atomic mass is 32.2. The first-order chi connectivity index (χ1) is 12.0. The predicted molar refractivity (Wildman–Crippen MR) is 95.6 cm³/mol. The number of nitrogens with zero attached hydrogens (tertiary/aromatic N) is 3. The van der Waals surface area contributed by atoms with E-state index < -0.39 is 0 Å². The van der Waals surface area contributed by atoms with E-state index >= 15 is 0 Å². The Kier molecular flexibility index (Phi) is 5.27. The van der Waals surface area contributed by atoms with Gasteiger partial charge in [-0.3, -0.25) is 9.36 Å². The molecule has 3 N–H and O–H groups in total. The summed E-state index contributed by atoms with van der Waals surface area (Å²) >= 11 is 1.33. The molecule has 1 amide bonds. The minimum Gasteiger partial charge on any atom is -0.368 e. The maximum atomic E-state index is 13.1. The second-order valence-electron chi connectivity index (χ2n) is 6.57. The summed E-state index contributed by atoms with van der Waals surface area (Å²) in [7, 11) is 0. The van der Waals surface area contributed by atoms with Crippen LogP contribution in [0.1, 0.15) is 44.3 Å². The lowest BCUT2D eigenvalue weighted by Crippen LogP contribution is -2.33. The van der Waals surface area contributed by atoms with Gasteiger partial charge in [0.05, 0.1) is 11.8 Å². The van der Waals surface area contributed by atoms with E-state index in [1.165, 1.54) is 23.9 Å². The summed E-state index contributed by atoms with van der Waals surface area (Å²) in [6.07, 6.45) is 2.14. The van der Waals surface area contributed by atoms with Gasteiger partial charge in [0.2, 0.25) is 11.9 Å². The third-order valence-electron chi connectivity index (χ3n) is 4.15. The van der Waals surface area contributed by atoms with E-state index in [0.29, 0.717) is 17.1 Å². The van der Waals surface area contributed by atoms with Gasteiger partial charge >= 0.3 is 0 Å². The number of nitrogens with one attached hydrogen (secondary N) is 1. The zero-order valence-corrected chi connectivity index (χ0v) is 15.1. The second-order valence-corrected chi connectivity index (χ2v) is 7.51. The molecule has 3 rings (SSSR count). The molecular formula is C17H22FN5OS. The summed E-state index contributed by atoms with van der Waals surface area (Å²) in [6.45, 7) is 4.04. The van der Waals surface area contributed by atoms with Crippen LogP contribution in [0.3, 0.4) is 0 Å². The minimum atomic E-state index is -0.287. The second kappa shape index (κ2) is 7.43. The van der Waals surface area contributed by atoms with Crippen LogP contribution in [0, 0.1) is 11.7 Å². The van der Waals surface area contributed by atoms with Gasteiger partial charge in [-0.05, 0) is 36.5 Å². The van der Waals surface area contributed by atoms with Crippen LogP contribution in [-0.4, -0.2) is 26.4 Å². The van der Waals surface area contributed by atoms with E-state index in [-0.39, 0.29) is 29.4 Å². The third kappa shape index (κ3) is 4.31. The van der Waals surface area contributed by atoms with Crippen LogP contribution in [0.2, 0.25) is 0 Å². The number of halogens is 1. The van der Waals surface area contributed by atoms with Crippen LogP contribution < -0.4 is 11.1 Å². The maximum absolute atomic E-state index is 13.1. The molecule has 1 unspecified atom stereocenters. The fourth-order valence-electron chi connectivity index (χ4n) is 2.71. The van der Waals surface area contributed by atoms with Crippen LogP contribution in [-0.2, 0) is 4.79 Å². The lowest BCUT2D eigenvalue weighted by molar-refractivity contribution is -0.119. The summed E-state index contributed by atoms with van der Waals surface area (Å²) in [5, 5.41) is 11.7. The van der Waals surface area contributed by atoms with Crippen molar-refractivity contribution in [2.45, 2.75) is 43.9 Å². The molecule has 134 valence electrons. The molecule has 1 saturated carbocycles. The molecule has 0 aliphatic heterocycles. The summed E-state index contributed by atoms with van der Waals surface area (Å²) in [5.74, 6) is 0.430. The molecule has 1 aromatic heterocycles. The lowest BCUT2D eigenvalue weighted by Gasteiger charge is -2.23. The molecular weight excluding hydrogens is 341 g/mol. The number of benzene rings is 1. The van der Waals surface area contributed by atoms with Gasteiger partial charge < -0.3 is 11.1 Å². The number of nitrogens with two attached hydrogens (primary N) is 1. The maximum Gasteiger partial charge on any atom is 0.230 e. The zero-order chi connectivity index (χ0) is 18.0. The highest BCUT2D eigenvalue weighted by molar-refractivity contribution is 7.99. The van der Waals surface area contributed by atoms with Gasteiger partial charge in [-0.2, -0.15) is 0 Å². The van der Waals surface area contributed by atoms with Gasteiger partial charge in [-0.15, -0.1) is 10.2 Å². The molecule has 1 aromatic carbocycles. The summed E-state index contributed by atoms with van der Waals surface area (Å²) in [5.41, 5.74) is 6.73. The first-order valence-corrected chi connectivity index (χ1v) is 9.32. The SMILES string of the molecule is CC(C)C(NC(=O)CSc1nnc(N)n1C1CC1)c1ccc(F)cc1. The molecule has 0 saturated heterocycles. The van der Waals surface area contributed by atoms with Crippen molar-refractivity contribution in [1.29, 1.82) is 0 Å². The smallest absolute Gasteiger partial charge is 0.230 e. The number of rotatable bonds is 7. The van der Waals surface area contributed by atoms with Crippen LogP contribution in [0.15, 0.2) is 29.4 Å². The average Bonchev–Trinajstić information content (AvgIpc) is 3.34. The van der Waals surface area contributed by atoms with Gasteiger partial charge in [0.1, 0.15) is 5.82 Å². The Labute approximate surface area is 150 Å². The van der Waals surface area contributed by atoms with E-state index in [1.807, 2.05) is 18.4 Å². The quantitative estimate of drug-likeness (QED) is 0.739. The largest absolute Gasteiger partial charge is 0.368 e. The molecule has 1 aliphatic rings. The fourth-order valence-corrected chi connectivity index (χ4v) is 3.54. The molecule has 1 aliphatic carbocycles. The molecule has 1 atom stereocenters. The Hall–Kier alpha value is -2.09. The number of thioether (sulfide) groups is 1. The van der Waals surface area contributed by atoms with Crippen molar-refractivity contribution in [3.05, 3.63) is 35.6 Å². The molecule has 1 fully saturated rings. The third-order valence-corrected chi connectivity index (χ3v) is 5.09. The van der Waals surface area contributed by atoms with Crippen molar-refractivity contribution in [3.8, 4) is 0 Å². The van der Waals surface area contributed by atoms with Crippen molar-refractivity contribution < 1.29 is 9.18 Å². The number of carbonyl (C=O) groups is 1. The van der Waals surface area contributed by atoms with E-state index in [1.54, 1.807) is 12.1 Å². The predicted octanol–water partition coefficient (Wildman–Crippen LogP) is 2.94. The number of aromatic nitrogens is 3. The van der Waals surface area contributed by atoms with Crippen molar-refractivity contribution in [2.75, 3.05) is 11.5 Å². The Balaban J connectivity index is 1.61. The molecule has 0 bridgehead atoms. The number of hydrogen-bond donors (Lipinski definition) is 2. The number of hydrogen-bond acceptors (Lipinski definition) is 5. The topological polar surface area (TPSA) is 85.8 Å². The van der Waals surface area contributed by atoms with Crippen molar-refractivity contribution >= 4 is 23.6 Å². The highest BCUT2D eigenvalue weighted by Gasteiger charge is 2.29. The van der Waals surface area contributed by atoms with Crippen LogP contribution in [0.5, 0.6) is 0 Å². The lowest BCUT2D eigenvalue weighted by atomic mass is 9.96. The van der Waals surface area contributed by atoms with E-state index in [9.17, 15) is 9.18 Å². The van der Waals surface area contributed by atoms with E-state index in [0.717, 1.165) is 18.4 Å². The number of amides is 1. The normalized spacial score (nSPS) is 15.4. The minimum absolute atomic E-state index is 0.100. The molecule has 0 spiro atoms. The number of nitrogen functional groups attached to an aromatic ring is 1. The van der Waals surface area contributed by atoms with E-state index in [2.05, 4.69) is 15.5 Å². The van der Waals surface area contributed by atoms with Crippen molar-refractivity contribution in [3.63, 3.8) is 0 Å². The highest BCUT2D eigenvalue weighted by Crippen LogP contribution is 2.39. The van der Waals surface area contributed by atoms with Crippen LogP contribution in [0.4, 0.5) is 10.3 Å². The molecule has 0 radical (unpaired) electrons. The molecule has 25 heavy (non-hydrogen) atoms. The molecule has 1 heterocycles. The monoisotopic (exact) mass is 363 g/mol. The van der Waals surface area contributed by atoms with Crippen molar-refractivity contribution in [2.24, 2.45) is 5.92 Å². The van der Waals surface area contributed by atoms with Gasteiger partial charge in [0, 0.05) is 6.04 Å². The Morgan fingerprint density at radius 1 is 1.36 bits per heavy atom. The standard InChI is InChI=1S/C17H22FN5OS/c1-10(2)15(11-3-5-12(18)6-4-11)20-14(24)9-25-17-22-21-16(19)23(17)13-7-8-13/h3-6,10,13,15H,7-9H2,1-2H3,(H2,19,21)(H,20,24). The summed E-state index contributed by atoms with van der Waals surface area (Å²) in [4.78, 5) is 12.4. The average molecular weight is 363 g/mol. The summed E-state index contributed by atoms with van der Waals surface area (Å²) in [6, 6.07) is 6.43. The van der Waals surface area contributed by atoms with Gasteiger partial charge in [0.25, 0.3) is 0 Å². The van der Waals surface area contributed by atoms with Gasteiger partial charge in [0.15, 0.2) is 5.16 Å². The fraction of sp³-hybridized carbons (Fsp3) is 0.471. The van der Waals surface area contributed by atoms with E-state index in [4.69, 9.17) is 5.73 Å². The van der Waals surface area contributed by atoms with Gasteiger partial charge in [-0.25, -0.2) is 4.39 Å². The molecule has 8 heteroatoms.